The van der Waals surface area contributed by atoms with E-state index in [-0.39, 0.29) is 29.3 Å². The monoisotopic (exact) mass is 574 g/mol. The Morgan fingerprint density at radius 1 is 1.08 bits per heavy atom. The van der Waals surface area contributed by atoms with Gasteiger partial charge < -0.3 is 10.1 Å². The van der Waals surface area contributed by atoms with Crippen LogP contribution in [-0.2, 0) is 12.7 Å². The van der Waals surface area contributed by atoms with Gasteiger partial charge in [0.15, 0.2) is 17.2 Å². The van der Waals surface area contributed by atoms with E-state index in [9.17, 15) is 18.0 Å². The molecule has 13 heteroatoms. The van der Waals surface area contributed by atoms with Crippen LogP contribution in [0.25, 0.3) is 16.9 Å². The van der Waals surface area contributed by atoms with E-state index in [1.54, 1.807) is 60.1 Å². The lowest BCUT2D eigenvalue weighted by molar-refractivity contribution is -0.142. The maximum Gasteiger partial charge on any atom is 0.433 e. The molecule has 0 bridgehead atoms. The van der Waals surface area contributed by atoms with Gasteiger partial charge in [0.05, 0.1) is 25.5 Å². The number of benzene rings is 2. The number of nitrogens with zero attached hydrogens (tertiary/aromatic N) is 5. The molecule has 0 spiro atoms. The van der Waals surface area contributed by atoms with Gasteiger partial charge in [0, 0.05) is 32.9 Å². The van der Waals surface area contributed by atoms with Gasteiger partial charge in [-0.2, -0.15) is 23.4 Å². The van der Waals surface area contributed by atoms with Crippen LogP contribution in [0.4, 0.5) is 19.0 Å². The molecule has 39 heavy (non-hydrogen) atoms. The van der Waals surface area contributed by atoms with Crippen LogP contribution in [-0.4, -0.2) is 37.4 Å². The number of alkyl halides is 3. The molecule has 0 radical (unpaired) electrons. The SMILES string of the molecule is COc1ccc(-c2cc(C(F)(F)F)n3ncc(C(=O)Nc4cc(C)n(Cc5c(Cl)cccc5Cl)n4)c3n2)cc1. The van der Waals surface area contributed by atoms with Crippen LogP contribution in [0, 0.1) is 6.92 Å². The molecule has 2 aromatic carbocycles. The highest BCUT2D eigenvalue weighted by atomic mass is 35.5. The van der Waals surface area contributed by atoms with Crippen molar-refractivity contribution in [1.82, 2.24) is 24.4 Å². The fourth-order valence-corrected chi connectivity index (χ4v) is 4.50. The molecule has 0 aliphatic carbocycles. The predicted octanol–water partition coefficient (Wildman–Crippen LogP) is 6.54. The molecule has 0 saturated heterocycles. The summed E-state index contributed by atoms with van der Waals surface area (Å²) in [6.45, 7) is 2.03. The highest BCUT2D eigenvalue weighted by Crippen LogP contribution is 2.33. The maximum absolute atomic E-state index is 13.9. The topological polar surface area (TPSA) is 86.3 Å². The average Bonchev–Trinajstić information content (AvgIpc) is 3.48. The van der Waals surface area contributed by atoms with Gasteiger partial charge in [-0.3, -0.25) is 9.48 Å². The van der Waals surface area contributed by atoms with Crippen molar-refractivity contribution < 1.29 is 22.7 Å². The van der Waals surface area contributed by atoms with Crippen molar-refractivity contribution in [2.75, 3.05) is 12.4 Å². The van der Waals surface area contributed by atoms with Crippen molar-refractivity contribution in [3.63, 3.8) is 0 Å². The minimum Gasteiger partial charge on any atom is -0.497 e. The first-order chi connectivity index (χ1) is 18.5. The van der Waals surface area contributed by atoms with Crippen LogP contribution in [0.1, 0.15) is 27.3 Å². The number of hydrogen-bond donors (Lipinski definition) is 1. The quantitative estimate of drug-likeness (QED) is 0.249. The summed E-state index contributed by atoms with van der Waals surface area (Å²) in [4.78, 5) is 17.5. The third-order valence-electron chi connectivity index (χ3n) is 5.99. The number of methoxy groups -OCH3 is 1. The summed E-state index contributed by atoms with van der Waals surface area (Å²) in [5.74, 6) is -0.00728. The first-order valence-corrected chi connectivity index (χ1v) is 12.2. The number of carbonyl (C=O) groups excluding carboxylic acids is 1. The lowest BCUT2D eigenvalue weighted by Crippen LogP contribution is -2.16. The molecule has 3 aromatic heterocycles. The predicted molar refractivity (Wildman–Crippen MR) is 140 cm³/mol. The molecular formula is C26H19Cl2F3N6O2. The molecule has 0 aliphatic heterocycles. The molecule has 0 unspecified atom stereocenters. The van der Waals surface area contributed by atoms with Crippen LogP contribution in [0.15, 0.2) is 60.8 Å². The minimum atomic E-state index is -4.75. The summed E-state index contributed by atoms with van der Waals surface area (Å²) in [7, 11) is 1.48. The molecule has 200 valence electrons. The van der Waals surface area contributed by atoms with Crippen molar-refractivity contribution >= 4 is 40.6 Å². The van der Waals surface area contributed by atoms with E-state index in [1.807, 2.05) is 0 Å². The van der Waals surface area contributed by atoms with Gasteiger partial charge >= 0.3 is 6.18 Å². The van der Waals surface area contributed by atoms with Gasteiger partial charge in [0.25, 0.3) is 5.91 Å². The summed E-state index contributed by atoms with van der Waals surface area (Å²) in [5.41, 5.74) is 0.286. The Morgan fingerprint density at radius 3 is 2.41 bits per heavy atom. The normalized spacial score (nSPS) is 11.7. The second-order valence-corrected chi connectivity index (χ2v) is 9.34. The van der Waals surface area contributed by atoms with E-state index in [2.05, 4.69) is 20.5 Å². The summed E-state index contributed by atoms with van der Waals surface area (Å²) in [5, 5.41) is 11.7. The third-order valence-corrected chi connectivity index (χ3v) is 6.69. The van der Waals surface area contributed by atoms with Crippen LogP contribution in [0.2, 0.25) is 10.0 Å². The van der Waals surface area contributed by atoms with Crippen molar-refractivity contribution in [3.05, 3.63) is 93.4 Å². The van der Waals surface area contributed by atoms with Gasteiger partial charge in [-0.1, -0.05) is 29.3 Å². The maximum atomic E-state index is 13.9. The van der Waals surface area contributed by atoms with Crippen LogP contribution >= 0.6 is 23.2 Å². The van der Waals surface area contributed by atoms with Crippen molar-refractivity contribution in [3.8, 4) is 17.0 Å². The lowest BCUT2D eigenvalue weighted by atomic mass is 10.1. The van der Waals surface area contributed by atoms with Gasteiger partial charge in [-0.25, -0.2) is 9.50 Å². The summed E-state index contributed by atoms with van der Waals surface area (Å²) in [6, 6.07) is 14.0. The van der Waals surface area contributed by atoms with Crippen LogP contribution in [0.5, 0.6) is 5.75 Å². The van der Waals surface area contributed by atoms with E-state index in [1.165, 1.54) is 7.11 Å². The minimum absolute atomic E-state index is 0.0174. The second kappa shape index (κ2) is 10.2. The number of aromatic nitrogens is 5. The number of carbonyl (C=O) groups is 1. The van der Waals surface area contributed by atoms with E-state index in [0.29, 0.717) is 37.1 Å². The standard InChI is InChI=1S/C26H19Cl2F3N6O2/c1-14-10-23(35-36(14)13-18-19(27)4-3-5-20(18)28)34-25(38)17-12-32-37-22(26(29,30)31)11-21(33-24(17)37)15-6-8-16(39-2)9-7-15/h3-12H,13H2,1-2H3,(H,34,35,38). The van der Waals surface area contributed by atoms with E-state index < -0.39 is 17.8 Å². The van der Waals surface area contributed by atoms with E-state index in [4.69, 9.17) is 27.9 Å². The number of halogens is 5. The lowest BCUT2D eigenvalue weighted by Gasteiger charge is -2.12. The average molecular weight is 575 g/mol. The smallest absolute Gasteiger partial charge is 0.433 e. The number of rotatable bonds is 6. The van der Waals surface area contributed by atoms with Gasteiger partial charge in [0.1, 0.15) is 11.3 Å². The van der Waals surface area contributed by atoms with Gasteiger partial charge in [-0.05, 0) is 49.4 Å². The molecule has 0 aliphatic rings. The molecule has 5 aromatic rings. The molecule has 3 heterocycles. The first kappa shape index (κ1) is 26.5. The number of aryl methyl sites for hydroxylation is 1. The largest absolute Gasteiger partial charge is 0.497 e. The Kier molecular flexibility index (Phi) is 6.96. The Hall–Kier alpha value is -4.09. The highest BCUT2D eigenvalue weighted by Gasteiger charge is 2.36. The highest BCUT2D eigenvalue weighted by molar-refractivity contribution is 6.36. The van der Waals surface area contributed by atoms with Gasteiger partial charge in [-0.15, -0.1) is 0 Å². The number of nitrogens with one attached hydrogen (secondary N) is 1. The zero-order chi connectivity index (χ0) is 27.9. The molecule has 1 N–H and O–H groups in total. The zero-order valence-electron chi connectivity index (χ0n) is 20.4. The van der Waals surface area contributed by atoms with Gasteiger partial charge in [0.2, 0.25) is 0 Å². The van der Waals surface area contributed by atoms with Crippen LogP contribution < -0.4 is 10.1 Å². The number of amides is 1. The molecule has 0 atom stereocenters. The number of ether oxygens (including phenoxy) is 1. The first-order valence-electron chi connectivity index (χ1n) is 11.4. The number of hydrogen-bond acceptors (Lipinski definition) is 5. The Labute approximate surface area is 229 Å². The van der Waals surface area contributed by atoms with Crippen molar-refractivity contribution in [2.24, 2.45) is 0 Å². The summed E-state index contributed by atoms with van der Waals surface area (Å²) >= 11 is 12.5. The number of anilines is 1. The Bertz CT molecular complexity index is 1680. The van der Waals surface area contributed by atoms with E-state index in [0.717, 1.165) is 12.3 Å². The Balaban J connectivity index is 1.49. The third kappa shape index (κ3) is 5.27. The van der Waals surface area contributed by atoms with Crippen molar-refractivity contribution in [1.29, 1.82) is 0 Å². The fraction of sp³-hybridized carbons (Fsp3) is 0.154. The van der Waals surface area contributed by atoms with E-state index >= 15 is 0 Å². The van der Waals surface area contributed by atoms with Crippen molar-refractivity contribution in [2.45, 2.75) is 19.6 Å². The Morgan fingerprint density at radius 2 is 1.77 bits per heavy atom. The number of fused-ring (bicyclic) bond motifs is 1. The second-order valence-electron chi connectivity index (χ2n) is 8.53. The molecule has 8 nitrogen and oxygen atoms in total. The molecule has 1 amide bonds. The summed E-state index contributed by atoms with van der Waals surface area (Å²) in [6.07, 6.45) is -3.71. The molecule has 5 rings (SSSR count). The zero-order valence-corrected chi connectivity index (χ0v) is 21.9. The fourth-order valence-electron chi connectivity index (χ4n) is 3.98. The molecular weight excluding hydrogens is 556 g/mol. The molecule has 0 saturated carbocycles. The van der Waals surface area contributed by atoms with Crippen LogP contribution in [0.3, 0.4) is 0 Å². The summed E-state index contributed by atoms with van der Waals surface area (Å²) < 4.78 is 49.1. The molecule has 0 fully saturated rings.